The molecule has 1 heterocycles. The van der Waals surface area contributed by atoms with Gasteiger partial charge in [-0.2, -0.15) is 4.98 Å². The van der Waals surface area contributed by atoms with Gasteiger partial charge < -0.3 is 19.5 Å². The number of aromatic nitrogens is 2. The monoisotopic (exact) mass is 394 g/mol. The Morgan fingerprint density at radius 3 is 2.66 bits per heavy atom. The molecule has 0 aliphatic carbocycles. The molecule has 2 aromatic carbocycles. The van der Waals surface area contributed by atoms with Gasteiger partial charge in [0, 0.05) is 32.1 Å². The Kier molecular flexibility index (Phi) is 6.84. The molecule has 0 spiro atoms. The maximum absolute atomic E-state index is 12.3. The van der Waals surface area contributed by atoms with Crippen LogP contribution in [-0.2, 0) is 19.4 Å². The zero-order valence-electron chi connectivity index (χ0n) is 17.0. The van der Waals surface area contributed by atoms with Gasteiger partial charge in [0.2, 0.25) is 0 Å². The van der Waals surface area contributed by atoms with Crippen LogP contribution in [0, 0.1) is 0 Å². The maximum Gasteiger partial charge on any atom is 0.317 e. The molecule has 0 saturated heterocycles. The van der Waals surface area contributed by atoms with Crippen LogP contribution in [0.2, 0.25) is 0 Å². The number of urea groups is 1. The van der Waals surface area contributed by atoms with E-state index in [2.05, 4.69) is 15.5 Å². The highest BCUT2D eigenvalue weighted by Gasteiger charge is 2.10. The van der Waals surface area contributed by atoms with Crippen molar-refractivity contribution in [3.8, 4) is 17.2 Å². The average Bonchev–Trinajstić information content (AvgIpc) is 3.23. The average molecular weight is 394 g/mol. The molecule has 7 heteroatoms. The van der Waals surface area contributed by atoms with E-state index in [1.165, 1.54) is 0 Å². The van der Waals surface area contributed by atoms with E-state index in [4.69, 9.17) is 9.26 Å². The Hall–Kier alpha value is -3.35. The number of hydrogen-bond donors (Lipinski definition) is 1. The summed E-state index contributed by atoms with van der Waals surface area (Å²) in [6.45, 7) is 3.06. The summed E-state index contributed by atoms with van der Waals surface area (Å²) < 4.78 is 10.5. The number of rotatable bonds is 8. The number of hydrogen-bond acceptors (Lipinski definition) is 5. The molecular weight excluding hydrogens is 368 g/mol. The second-order valence-electron chi connectivity index (χ2n) is 6.76. The highest BCUT2D eigenvalue weighted by molar-refractivity contribution is 5.73. The molecule has 3 aromatic rings. The molecule has 2 amide bonds. The Labute approximate surface area is 170 Å². The number of carbonyl (C=O) groups excluding carboxylic acids is 1. The predicted octanol–water partition coefficient (Wildman–Crippen LogP) is 3.69. The highest BCUT2D eigenvalue weighted by Crippen LogP contribution is 2.18. The second kappa shape index (κ2) is 9.73. The van der Waals surface area contributed by atoms with E-state index >= 15 is 0 Å². The van der Waals surface area contributed by atoms with Crippen LogP contribution < -0.4 is 10.1 Å². The van der Waals surface area contributed by atoms with Crippen LogP contribution in [0.15, 0.2) is 53.1 Å². The van der Waals surface area contributed by atoms with Crippen molar-refractivity contribution in [1.82, 2.24) is 20.4 Å². The van der Waals surface area contributed by atoms with Crippen LogP contribution in [0.4, 0.5) is 4.79 Å². The van der Waals surface area contributed by atoms with Crippen LogP contribution in [0.5, 0.6) is 5.75 Å². The minimum atomic E-state index is -0.109. The van der Waals surface area contributed by atoms with Gasteiger partial charge in [0.15, 0.2) is 5.82 Å². The van der Waals surface area contributed by atoms with Gasteiger partial charge in [0.1, 0.15) is 5.75 Å². The molecule has 152 valence electrons. The molecule has 0 aliphatic heterocycles. The summed E-state index contributed by atoms with van der Waals surface area (Å²) in [6, 6.07) is 15.5. The van der Waals surface area contributed by atoms with Gasteiger partial charge in [-0.3, -0.25) is 0 Å². The normalized spacial score (nSPS) is 10.6. The molecule has 0 unspecified atom stereocenters. The Bertz CT molecular complexity index is 937. The number of nitrogens with one attached hydrogen (secondary N) is 1. The zero-order valence-corrected chi connectivity index (χ0v) is 17.0. The lowest BCUT2D eigenvalue weighted by molar-refractivity contribution is 0.207. The van der Waals surface area contributed by atoms with Crippen LogP contribution in [0.1, 0.15) is 23.9 Å². The first-order valence-corrected chi connectivity index (χ1v) is 9.63. The van der Waals surface area contributed by atoms with Crippen LogP contribution >= 0.6 is 0 Å². The molecular formula is C22H26N4O3. The summed E-state index contributed by atoms with van der Waals surface area (Å²) in [7, 11) is 3.41. The first kappa shape index (κ1) is 20.4. The van der Waals surface area contributed by atoms with E-state index in [9.17, 15) is 4.79 Å². The number of aryl methyl sites for hydroxylation is 1. The minimum absolute atomic E-state index is 0.109. The number of ether oxygens (including phenoxy) is 1. The lowest BCUT2D eigenvalue weighted by atomic mass is 10.1. The summed E-state index contributed by atoms with van der Waals surface area (Å²) in [4.78, 5) is 18.3. The fourth-order valence-electron chi connectivity index (χ4n) is 2.89. The van der Waals surface area contributed by atoms with Gasteiger partial charge in [-0.05, 0) is 41.8 Å². The van der Waals surface area contributed by atoms with Crippen molar-refractivity contribution in [2.45, 2.75) is 26.3 Å². The molecule has 0 fully saturated rings. The van der Waals surface area contributed by atoms with Gasteiger partial charge in [0.05, 0.1) is 7.11 Å². The number of benzene rings is 2. The number of carbonyl (C=O) groups is 1. The van der Waals surface area contributed by atoms with Crippen molar-refractivity contribution in [2.75, 3.05) is 20.7 Å². The van der Waals surface area contributed by atoms with Gasteiger partial charge in [-0.1, -0.05) is 36.3 Å². The smallest absolute Gasteiger partial charge is 0.317 e. The lowest BCUT2D eigenvalue weighted by Crippen LogP contribution is -2.37. The van der Waals surface area contributed by atoms with E-state index in [-0.39, 0.29) is 6.03 Å². The third kappa shape index (κ3) is 5.57. The number of amides is 2. The first-order chi connectivity index (χ1) is 14.1. The fourth-order valence-corrected chi connectivity index (χ4v) is 2.89. The van der Waals surface area contributed by atoms with E-state index < -0.39 is 0 Å². The number of nitrogens with zero attached hydrogens (tertiary/aromatic N) is 3. The molecule has 0 radical (unpaired) electrons. The van der Waals surface area contributed by atoms with E-state index in [0.717, 1.165) is 35.3 Å². The number of methoxy groups -OCH3 is 1. The molecule has 1 N–H and O–H groups in total. The van der Waals surface area contributed by atoms with Gasteiger partial charge in [0.25, 0.3) is 5.89 Å². The van der Waals surface area contributed by atoms with E-state index in [1.54, 1.807) is 19.1 Å². The summed E-state index contributed by atoms with van der Waals surface area (Å²) in [5, 5.41) is 6.87. The third-order valence-corrected chi connectivity index (χ3v) is 4.58. The van der Waals surface area contributed by atoms with Crippen molar-refractivity contribution < 1.29 is 14.1 Å². The van der Waals surface area contributed by atoms with Gasteiger partial charge in [-0.25, -0.2) is 4.79 Å². The lowest BCUT2D eigenvalue weighted by Gasteiger charge is -2.18. The molecule has 0 saturated carbocycles. The standard InChI is InChI=1S/C22H26N4O3/c1-4-20-24-21(29-25-20)18-10-8-16(9-11-18)12-13-23-22(27)26(2)15-17-6-5-7-19(14-17)28-3/h5-11,14H,4,12-13,15H2,1-3H3,(H,23,27). The maximum atomic E-state index is 12.3. The van der Waals surface area contributed by atoms with Gasteiger partial charge >= 0.3 is 6.03 Å². The molecule has 1 aromatic heterocycles. The van der Waals surface area contributed by atoms with Crippen LogP contribution in [0.3, 0.4) is 0 Å². The topological polar surface area (TPSA) is 80.5 Å². The molecule has 29 heavy (non-hydrogen) atoms. The van der Waals surface area contributed by atoms with Crippen molar-refractivity contribution in [2.24, 2.45) is 0 Å². The summed E-state index contributed by atoms with van der Waals surface area (Å²) in [5.74, 6) is 2.01. The quantitative estimate of drug-likeness (QED) is 0.630. The first-order valence-electron chi connectivity index (χ1n) is 9.63. The summed E-state index contributed by atoms with van der Waals surface area (Å²) in [6.07, 6.45) is 1.48. The Balaban J connectivity index is 1.46. The molecule has 3 rings (SSSR count). The third-order valence-electron chi connectivity index (χ3n) is 4.58. The second-order valence-corrected chi connectivity index (χ2v) is 6.76. The fraction of sp³-hybridized carbons (Fsp3) is 0.318. The zero-order chi connectivity index (χ0) is 20.6. The SMILES string of the molecule is CCc1noc(-c2ccc(CCNC(=O)N(C)Cc3cccc(OC)c3)cc2)n1. The largest absolute Gasteiger partial charge is 0.497 e. The summed E-state index contributed by atoms with van der Waals surface area (Å²) >= 11 is 0. The van der Waals surface area contributed by atoms with Crippen molar-refractivity contribution in [3.05, 3.63) is 65.5 Å². The highest BCUT2D eigenvalue weighted by atomic mass is 16.5. The minimum Gasteiger partial charge on any atom is -0.497 e. The van der Waals surface area contributed by atoms with Crippen molar-refractivity contribution in [3.63, 3.8) is 0 Å². The van der Waals surface area contributed by atoms with E-state index in [0.29, 0.717) is 24.8 Å². The Morgan fingerprint density at radius 1 is 1.17 bits per heavy atom. The molecule has 0 aliphatic rings. The molecule has 7 nitrogen and oxygen atoms in total. The van der Waals surface area contributed by atoms with Crippen molar-refractivity contribution >= 4 is 6.03 Å². The van der Waals surface area contributed by atoms with E-state index in [1.807, 2.05) is 55.5 Å². The van der Waals surface area contributed by atoms with Crippen molar-refractivity contribution in [1.29, 1.82) is 0 Å². The molecule has 0 atom stereocenters. The van der Waals surface area contributed by atoms with Crippen LogP contribution in [-0.4, -0.2) is 41.8 Å². The van der Waals surface area contributed by atoms with Crippen LogP contribution in [0.25, 0.3) is 11.5 Å². The summed E-state index contributed by atoms with van der Waals surface area (Å²) in [5.41, 5.74) is 3.03. The Morgan fingerprint density at radius 2 is 1.97 bits per heavy atom. The van der Waals surface area contributed by atoms with Gasteiger partial charge in [-0.15, -0.1) is 0 Å². The predicted molar refractivity (Wildman–Crippen MR) is 111 cm³/mol. The molecule has 0 bridgehead atoms.